The molecule has 3 nitrogen and oxygen atoms in total. The second-order valence-corrected chi connectivity index (χ2v) is 7.05. The van der Waals surface area contributed by atoms with E-state index in [1.807, 2.05) is 6.07 Å². The summed E-state index contributed by atoms with van der Waals surface area (Å²) in [5.74, 6) is 0. The summed E-state index contributed by atoms with van der Waals surface area (Å²) in [6.07, 6.45) is 7.99. The summed E-state index contributed by atoms with van der Waals surface area (Å²) in [6.45, 7) is 3.22. The van der Waals surface area contributed by atoms with Gasteiger partial charge in [0, 0.05) is 11.5 Å². The summed E-state index contributed by atoms with van der Waals surface area (Å²) >= 11 is 1.17. The van der Waals surface area contributed by atoms with E-state index in [0.717, 1.165) is 17.7 Å². The summed E-state index contributed by atoms with van der Waals surface area (Å²) < 4.78 is 6.23. The molecule has 21 heavy (non-hydrogen) atoms. The third-order valence-corrected chi connectivity index (χ3v) is 5.62. The maximum Gasteiger partial charge on any atom is 0.396 e. The molecule has 1 aromatic heterocycles. The lowest BCUT2D eigenvalue weighted by atomic mass is 9.71. The number of rotatable bonds is 1. The Morgan fingerprint density at radius 1 is 1.43 bits per heavy atom. The van der Waals surface area contributed by atoms with Crippen molar-refractivity contribution >= 4 is 21.6 Å². The molecule has 1 fully saturated rings. The van der Waals surface area contributed by atoms with E-state index in [1.54, 1.807) is 0 Å². The quantitative estimate of drug-likeness (QED) is 0.810. The van der Waals surface area contributed by atoms with Crippen LogP contribution < -0.4 is 4.94 Å². The Balaban J connectivity index is 1.89. The van der Waals surface area contributed by atoms with Crippen LogP contribution in [0.3, 0.4) is 0 Å². The van der Waals surface area contributed by atoms with Gasteiger partial charge in [-0.05, 0) is 44.6 Å². The van der Waals surface area contributed by atoms with Crippen molar-refractivity contribution in [3.05, 3.63) is 57.3 Å². The van der Waals surface area contributed by atoms with Crippen LogP contribution in [0.4, 0.5) is 0 Å². The Hall–Kier alpha value is -1.65. The molecule has 0 amide bonds. The van der Waals surface area contributed by atoms with Crippen molar-refractivity contribution in [1.82, 2.24) is 4.90 Å². The van der Waals surface area contributed by atoms with Gasteiger partial charge in [0.1, 0.15) is 5.58 Å². The number of likely N-dealkylation sites (N-methyl/N-ethyl adjacent to an activating group) is 1. The number of hydrogen-bond acceptors (Lipinski definition) is 4. The second kappa shape index (κ2) is 4.42. The van der Waals surface area contributed by atoms with Gasteiger partial charge >= 0.3 is 4.94 Å². The highest BCUT2D eigenvalue weighted by atomic mass is 32.1. The largest absolute Gasteiger partial charge is 0.414 e. The van der Waals surface area contributed by atoms with Gasteiger partial charge in [0.2, 0.25) is 0 Å². The highest BCUT2D eigenvalue weighted by Gasteiger charge is 2.45. The number of allylic oxidation sites excluding steroid dienone is 2. The maximum absolute atomic E-state index is 11.4. The first-order chi connectivity index (χ1) is 10.1. The summed E-state index contributed by atoms with van der Waals surface area (Å²) in [5.41, 5.74) is 3.27. The predicted molar refractivity (Wildman–Crippen MR) is 86.0 cm³/mol. The van der Waals surface area contributed by atoms with Crippen LogP contribution in [0.1, 0.15) is 18.9 Å². The standard InChI is InChI=1S/C17H17NO2S/c1-11-5-6-17(7-8-18(2)15(17)9-11)12-3-4-14-13(10-12)20-16(19)21-14/h3-6,9-10,15H,7-8H2,1-2H3/t15-,17-/m0/s1. The van der Waals surface area contributed by atoms with Gasteiger partial charge in [0.25, 0.3) is 0 Å². The highest BCUT2D eigenvalue weighted by molar-refractivity contribution is 7.16. The molecule has 2 aromatic rings. The zero-order chi connectivity index (χ0) is 14.6. The lowest BCUT2D eigenvalue weighted by Crippen LogP contribution is -2.39. The van der Waals surface area contributed by atoms with E-state index in [0.29, 0.717) is 11.6 Å². The minimum Gasteiger partial charge on any atom is -0.414 e. The van der Waals surface area contributed by atoms with Crippen molar-refractivity contribution < 1.29 is 4.42 Å². The first-order valence-electron chi connectivity index (χ1n) is 7.21. The van der Waals surface area contributed by atoms with E-state index in [2.05, 4.69) is 49.2 Å². The van der Waals surface area contributed by atoms with Crippen molar-refractivity contribution in [3.8, 4) is 0 Å². The van der Waals surface area contributed by atoms with Crippen LogP contribution in [0.25, 0.3) is 10.3 Å². The molecule has 2 atom stereocenters. The van der Waals surface area contributed by atoms with Gasteiger partial charge < -0.3 is 4.42 Å². The van der Waals surface area contributed by atoms with E-state index in [-0.39, 0.29) is 10.4 Å². The Labute approximate surface area is 127 Å². The second-order valence-electron chi connectivity index (χ2n) is 6.08. The number of nitrogens with zero attached hydrogens (tertiary/aromatic N) is 1. The monoisotopic (exact) mass is 299 g/mol. The fourth-order valence-electron chi connectivity index (χ4n) is 3.66. The average molecular weight is 299 g/mol. The molecule has 1 aromatic carbocycles. The van der Waals surface area contributed by atoms with Crippen LogP contribution in [0.15, 0.2) is 51.2 Å². The summed E-state index contributed by atoms with van der Waals surface area (Å²) in [4.78, 5) is 13.6. The average Bonchev–Trinajstić information content (AvgIpc) is 2.99. The molecule has 1 aliphatic carbocycles. The van der Waals surface area contributed by atoms with Crippen LogP contribution in [0.5, 0.6) is 0 Å². The number of benzene rings is 1. The maximum atomic E-state index is 11.4. The lowest BCUT2D eigenvalue weighted by Gasteiger charge is -2.36. The van der Waals surface area contributed by atoms with Crippen LogP contribution in [0, 0.1) is 0 Å². The van der Waals surface area contributed by atoms with Gasteiger partial charge in [-0.3, -0.25) is 4.90 Å². The first kappa shape index (κ1) is 13.0. The van der Waals surface area contributed by atoms with Gasteiger partial charge in [-0.25, -0.2) is 4.79 Å². The molecule has 1 saturated heterocycles. The third-order valence-electron chi connectivity index (χ3n) is 4.81. The fourth-order valence-corrected chi connectivity index (χ4v) is 4.31. The van der Waals surface area contributed by atoms with Crippen molar-refractivity contribution in [2.75, 3.05) is 13.6 Å². The molecule has 0 N–H and O–H groups in total. The SMILES string of the molecule is CC1=C[C@@H]2N(C)CC[C@]2(c2ccc3sc(=O)oc3c2)C=C1. The van der Waals surface area contributed by atoms with Crippen LogP contribution in [0.2, 0.25) is 0 Å². The van der Waals surface area contributed by atoms with E-state index < -0.39 is 0 Å². The lowest BCUT2D eigenvalue weighted by molar-refractivity contribution is 0.318. The molecular formula is C17H17NO2S. The minimum atomic E-state index is -0.227. The van der Waals surface area contributed by atoms with Gasteiger partial charge in [-0.2, -0.15) is 0 Å². The molecular weight excluding hydrogens is 282 g/mol. The molecule has 1 aliphatic heterocycles. The topological polar surface area (TPSA) is 33.5 Å². The van der Waals surface area contributed by atoms with E-state index >= 15 is 0 Å². The Kier molecular flexibility index (Phi) is 2.75. The van der Waals surface area contributed by atoms with Gasteiger partial charge in [-0.1, -0.05) is 41.2 Å². The number of hydrogen-bond donors (Lipinski definition) is 0. The van der Waals surface area contributed by atoms with Crippen molar-refractivity contribution in [2.45, 2.75) is 24.8 Å². The van der Waals surface area contributed by atoms with Crippen LogP contribution in [-0.2, 0) is 5.41 Å². The molecule has 0 bridgehead atoms. The molecule has 108 valence electrons. The fraction of sp³-hybridized carbons (Fsp3) is 0.353. The zero-order valence-corrected chi connectivity index (χ0v) is 12.9. The molecule has 0 unspecified atom stereocenters. The van der Waals surface area contributed by atoms with E-state index in [4.69, 9.17) is 4.42 Å². The molecule has 4 rings (SSSR count). The van der Waals surface area contributed by atoms with Gasteiger partial charge in [0.05, 0.1) is 4.70 Å². The van der Waals surface area contributed by atoms with Crippen molar-refractivity contribution in [1.29, 1.82) is 0 Å². The highest BCUT2D eigenvalue weighted by Crippen LogP contribution is 2.44. The Morgan fingerprint density at radius 3 is 3.14 bits per heavy atom. The molecule has 2 aliphatic rings. The third kappa shape index (κ3) is 1.86. The van der Waals surface area contributed by atoms with Gasteiger partial charge in [0.15, 0.2) is 0 Å². The van der Waals surface area contributed by atoms with Crippen molar-refractivity contribution in [2.24, 2.45) is 0 Å². The summed E-state index contributed by atoms with van der Waals surface area (Å²) in [7, 11) is 2.18. The van der Waals surface area contributed by atoms with Crippen LogP contribution >= 0.6 is 11.3 Å². The smallest absolute Gasteiger partial charge is 0.396 e. The summed E-state index contributed by atoms with van der Waals surface area (Å²) in [5, 5.41) is 0. The zero-order valence-electron chi connectivity index (χ0n) is 12.1. The van der Waals surface area contributed by atoms with E-state index in [1.165, 1.54) is 22.5 Å². The Morgan fingerprint density at radius 2 is 2.29 bits per heavy atom. The first-order valence-corrected chi connectivity index (χ1v) is 8.02. The summed E-state index contributed by atoms with van der Waals surface area (Å²) in [6, 6.07) is 6.60. The molecule has 4 heteroatoms. The van der Waals surface area contributed by atoms with Crippen LogP contribution in [-0.4, -0.2) is 24.5 Å². The predicted octanol–water partition coefficient (Wildman–Crippen LogP) is 3.31. The Bertz CT molecular complexity index is 829. The minimum absolute atomic E-state index is 0.00293. The molecule has 2 heterocycles. The van der Waals surface area contributed by atoms with E-state index in [9.17, 15) is 4.79 Å². The van der Waals surface area contributed by atoms with Gasteiger partial charge in [-0.15, -0.1) is 0 Å². The molecule has 0 saturated carbocycles. The number of likely N-dealkylation sites (tertiary alicyclic amines) is 1. The molecule has 0 radical (unpaired) electrons. The number of fused-ring (bicyclic) bond motifs is 2. The van der Waals surface area contributed by atoms with Crippen molar-refractivity contribution in [3.63, 3.8) is 0 Å². The molecule has 0 spiro atoms. The normalized spacial score (nSPS) is 28.9.